The first-order valence-corrected chi connectivity index (χ1v) is 12.7. The third-order valence-corrected chi connectivity index (χ3v) is 6.68. The van der Waals surface area contributed by atoms with Crippen LogP contribution in [0.15, 0.2) is 84.0 Å². The molecule has 1 aromatic heterocycles. The molecule has 0 aliphatic heterocycles. The van der Waals surface area contributed by atoms with E-state index in [-0.39, 0.29) is 18.2 Å². The van der Waals surface area contributed by atoms with Crippen LogP contribution in [-0.4, -0.2) is 32.2 Å². The highest BCUT2D eigenvalue weighted by atomic mass is 32.2. The summed E-state index contributed by atoms with van der Waals surface area (Å²) >= 11 is 1.51. The number of rotatable bonds is 11. The molecule has 3 aromatic carbocycles. The molecule has 0 radical (unpaired) electrons. The van der Waals surface area contributed by atoms with Gasteiger partial charge in [-0.15, -0.1) is 10.2 Å². The number of aryl methyl sites for hydroxylation is 1. The van der Waals surface area contributed by atoms with E-state index in [0.29, 0.717) is 29.0 Å². The van der Waals surface area contributed by atoms with Gasteiger partial charge in [-0.25, -0.2) is 0 Å². The van der Waals surface area contributed by atoms with Gasteiger partial charge in [-0.1, -0.05) is 66.4 Å². The quantitative estimate of drug-likeness (QED) is 0.166. The van der Waals surface area contributed by atoms with Gasteiger partial charge in [0.15, 0.2) is 11.0 Å². The SMILES string of the molecule is Cc1ccccc1CSc1nnc(C(C)NC(=O)COCc2ccccc2)n1-c1ccc([N+](=O)[O-])cc1. The lowest BCUT2D eigenvalue weighted by Gasteiger charge is -2.16. The van der Waals surface area contributed by atoms with Crippen molar-refractivity contribution in [1.29, 1.82) is 0 Å². The Morgan fingerprint density at radius 1 is 1.05 bits per heavy atom. The number of carbonyl (C=O) groups excluding carboxylic acids is 1. The molecule has 0 saturated heterocycles. The Kier molecular flexibility index (Phi) is 8.65. The Morgan fingerprint density at radius 2 is 1.76 bits per heavy atom. The minimum absolute atomic E-state index is 0.00981. The number of nitro groups is 1. The van der Waals surface area contributed by atoms with Gasteiger partial charge >= 0.3 is 0 Å². The Bertz CT molecular complexity index is 1360. The molecule has 10 heteroatoms. The minimum atomic E-state index is -0.483. The normalized spacial score (nSPS) is 11.7. The second-order valence-electron chi connectivity index (χ2n) is 8.43. The number of hydrogen-bond acceptors (Lipinski definition) is 7. The van der Waals surface area contributed by atoms with Crippen molar-refractivity contribution < 1.29 is 14.5 Å². The molecule has 1 atom stereocenters. The number of amides is 1. The number of non-ortho nitro benzene ring substituents is 1. The Morgan fingerprint density at radius 3 is 2.46 bits per heavy atom. The molecule has 4 rings (SSSR count). The summed E-state index contributed by atoms with van der Waals surface area (Å²) in [5.74, 6) is 0.902. The number of ether oxygens (including phenoxy) is 1. The highest BCUT2D eigenvalue weighted by molar-refractivity contribution is 7.98. The maximum absolute atomic E-state index is 12.6. The molecule has 1 N–H and O–H groups in total. The zero-order chi connectivity index (χ0) is 26.2. The number of nitrogens with zero attached hydrogens (tertiary/aromatic N) is 4. The van der Waals surface area contributed by atoms with Gasteiger partial charge in [-0.3, -0.25) is 19.5 Å². The lowest BCUT2D eigenvalue weighted by molar-refractivity contribution is -0.384. The Labute approximate surface area is 219 Å². The van der Waals surface area contributed by atoms with E-state index in [1.807, 2.05) is 54.0 Å². The molecule has 1 amide bonds. The summed E-state index contributed by atoms with van der Waals surface area (Å²) < 4.78 is 7.37. The van der Waals surface area contributed by atoms with Crippen LogP contribution in [0.3, 0.4) is 0 Å². The van der Waals surface area contributed by atoms with Gasteiger partial charge in [0.1, 0.15) is 6.61 Å². The fourth-order valence-electron chi connectivity index (χ4n) is 3.72. The average Bonchev–Trinajstić information content (AvgIpc) is 3.33. The standard InChI is InChI=1S/C27H27N5O4S/c1-19-8-6-7-11-22(19)18-37-27-30-29-26(31(27)23-12-14-24(15-13-23)32(34)35)20(2)28-25(33)17-36-16-21-9-4-3-5-10-21/h3-15,20H,16-18H2,1-2H3,(H,28,33). The minimum Gasteiger partial charge on any atom is -0.367 e. The number of nitrogens with one attached hydrogen (secondary N) is 1. The highest BCUT2D eigenvalue weighted by Crippen LogP contribution is 2.29. The topological polar surface area (TPSA) is 112 Å². The summed E-state index contributed by atoms with van der Waals surface area (Å²) in [5.41, 5.74) is 3.98. The van der Waals surface area contributed by atoms with E-state index in [2.05, 4.69) is 34.6 Å². The molecule has 0 aliphatic carbocycles. The van der Waals surface area contributed by atoms with E-state index in [1.165, 1.54) is 35.0 Å². The van der Waals surface area contributed by atoms with Crippen molar-refractivity contribution >= 4 is 23.4 Å². The van der Waals surface area contributed by atoms with Gasteiger partial charge in [0.05, 0.1) is 17.6 Å². The summed E-state index contributed by atoms with van der Waals surface area (Å²) in [7, 11) is 0. The molecule has 0 aliphatic rings. The Hall–Kier alpha value is -4.02. The molecular formula is C27H27N5O4S. The molecule has 0 bridgehead atoms. The summed E-state index contributed by atoms with van der Waals surface area (Å²) in [5, 5.41) is 23.4. The van der Waals surface area contributed by atoms with Crippen LogP contribution in [0.25, 0.3) is 5.69 Å². The van der Waals surface area contributed by atoms with Crippen LogP contribution >= 0.6 is 11.8 Å². The van der Waals surface area contributed by atoms with Gasteiger partial charge < -0.3 is 10.1 Å². The van der Waals surface area contributed by atoms with Crippen LogP contribution in [0.2, 0.25) is 0 Å². The van der Waals surface area contributed by atoms with Crippen molar-refractivity contribution in [2.75, 3.05) is 6.61 Å². The number of thioether (sulfide) groups is 1. The van der Waals surface area contributed by atoms with Gasteiger partial charge in [0, 0.05) is 23.6 Å². The average molecular weight is 518 g/mol. The maximum atomic E-state index is 12.6. The lowest BCUT2D eigenvalue weighted by atomic mass is 10.1. The van der Waals surface area contributed by atoms with Crippen LogP contribution in [0.5, 0.6) is 0 Å². The molecule has 4 aromatic rings. The summed E-state index contributed by atoms with van der Waals surface area (Å²) in [4.78, 5) is 23.3. The molecule has 0 saturated carbocycles. The number of benzene rings is 3. The first kappa shape index (κ1) is 26.1. The summed E-state index contributed by atoms with van der Waals surface area (Å²) in [6, 6.07) is 23.4. The second kappa shape index (κ2) is 12.3. The number of aromatic nitrogens is 3. The van der Waals surface area contributed by atoms with Gasteiger partial charge in [-0.2, -0.15) is 0 Å². The monoisotopic (exact) mass is 517 g/mol. The van der Waals surface area contributed by atoms with Crippen molar-refractivity contribution in [3.63, 3.8) is 0 Å². The van der Waals surface area contributed by atoms with E-state index >= 15 is 0 Å². The molecule has 9 nitrogen and oxygen atoms in total. The van der Waals surface area contributed by atoms with Crippen molar-refractivity contribution in [1.82, 2.24) is 20.1 Å². The maximum Gasteiger partial charge on any atom is 0.269 e. The van der Waals surface area contributed by atoms with E-state index in [4.69, 9.17) is 4.74 Å². The second-order valence-corrected chi connectivity index (χ2v) is 9.37. The number of nitro benzene ring substituents is 1. The molecule has 190 valence electrons. The van der Waals surface area contributed by atoms with E-state index in [9.17, 15) is 14.9 Å². The third kappa shape index (κ3) is 6.81. The molecule has 1 heterocycles. The highest BCUT2D eigenvalue weighted by Gasteiger charge is 2.22. The van der Waals surface area contributed by atoms with Crippen molar-refractivity contribution in [3.8, 4) is 5.69 Å². The molecule has 1 unspecified atom stereocenters. The number of carbonyl (C=O) groups is 1. The van der Waals surface area contributed by atoms with Crippen molar-refractivity contribution in [3.05, 3.63) is 111 Å². The summed E-state index contributed by atoms with van der Waals surface area (Å²) in [6.45, 7) is 4.11. The van der Waals surface area contributed by atoms with Gasteiger partial charge in [-0.05, 0) is 42.7 Å². The van der Waals surface area contributed by atoms with Crippen LogP contribution < -0.4 is 5.32 Å². The van der Waals surface area contributed by atoms with Crippen LogP contribution in [-0.2, 0) is 21.9 Å². The predicted octanol–water partition coefficient (Wildman–Crippen LogP) is 5.17. The molecule has 0 spiro atoms. The van der Waals surface area contributed by atoms with E-state index in [1.54, 1.807) is 12.1 Å². The van der Waals surface area contributed by atoms with Crippen LogP contribution in [0.4, 0.5) is 5.69 Å². The smallest absolute Gasteiger partial charge is 0.269 e. The molecular weight excluding hydrogens is 490 g/mol. The largest absolute Gasteiger partial charge is 0.367 e. The van der Waals surface area contributed by atoms with E-state index in [0.717, 1.165) is 5.56 Å². The predicted molar refractivity (Wildman–Crippen MR) is 141 cm³/mol. The lowest BCUT2D eigenvalue weighted by Crippen LogP contribution is -2.31. The first-order valence-electron chi connectivity index (χ1n) is 11.7. The van der Waals surface area contributed by atoms with Crippen LogP contribution in [0, 0.1) is 17.0 Å². The zero-order valence-corrected chi connectivity index (χ0v) is 21.4. The first-order chi connectivity index (χ1) is 17.9. The van der Waals surface area contributed by atoms with Gasteiger partial charge in [0.2, 0.25) is 5.91 Å². The zero-order valence-electron chi connectivity index (χ0n) is 20.5. The van der Waals surface area contributed by atoms with E-state index < -0.39 is 11.0 Å². The third-order valence-electron chi connectivity index (χ3n) is 5.70. The fraction of sp³-hybridized carbons (Fsp3) is 0.222. The summed E-state index contributed by atoms with van der Waals surface area (Å²) in [6.07, 6.45) is 0. The van der Waals surface area contributed by atoms with Gasteiger partial charge in [0.25, 0.3) is 5.69 Å². The fourth-order valence-corrected chi connectivity index (χ4v) is 4.75. The molecule has 0 fully saturated rings. The van der Waals surface area contributed by atoms with Crippen molar-refractivity contribution in [2.45, 2.75) is 37.4 Å². The van der Waals surface area contributed by atoms with Crippen LogP contribution in [0.1, 0.15) is 35.5 Å². The molecule has 37 heavy (non-hydrogen) atoms. The van der Waals surface area contributed by atoms with Crippen molar-refractivity contribution in [2.24, 2.45) is 0 Å². The number of hydrogen-bond donors (Lipinski definition) is 1. The Balaban J connectivity index is 1.51.